The van der Waals surface area contributed by atoms with E-state index in [4.69, 9.17) is 0 Å². The molecule has 3 aromatic rings. The first-order valence-electron chi connectivity index (χ1n) is 10.8. The molecule has 1 N–H and O–H groups in total. The van der Waals surface area contributed by atoms with E-state index in [-0.39, 0.29) is 0 Å². The molecule has 0 amide bonds. The van der Waals surface area contributed by atoms with Crippen LogP contribution < -0.4 is 5.32 Å². The van der Waals surface area contributed by atoms with Crippen LogP contribution in [-0.2, 0) is 13.1 Å². The molecule has 3 rings (SSSR count). The Kier molecular flexibility index (Phi) is 7.89. The zero-order chi connectivity index (χ0) is 20.5. The lowest BCUT2D eigenvalue weighted by Gasteiger charge is -2.30. The maximum absolute atomic E-state index is 3.64. The van der Waals surface area contributed by atoms with E-state index < -0.39 is 0 Å². The number of anilines is 1. The van der Waals surface area contributed by atoms with Crippen molar-refractivity contribution in [2.24, 2.45) is 0 Å². The van der Waals surface area contributed by atoms with E-state index in [1.165, 1.54) is 40.8 Å². The first-order valence-corrected chi connectivity index (χ1v) is 10.8. The van der Waals surface area contributed by atoms with Gasteiger partial charge in [-0.2, -0.15) is 0 Å². The Morgan fingerprint density at radius 1 is 0.862 bits per heavy atom. The van der Waals surface area contributed by atoms with E-state index in [0.29, 0.717) is 6.04 Å². The third-order valence-corrected chi connectivity index (χ3v) is 5.64. The highest BCUT2D eigenvalue weighted by atomic mass is 15.1. The number of hydrogen-bond donors (Lipinski definition) is 1. The van der Waals surface area contributed by atoms with Crippen molar-refractivity contribution >= 4 is 5.69 Å². The largest absolute Gasteiger partial charge is 0.381 e. The van der Waals surface area contributed by atoms with Crippen molar-refractivity contribution in [2.75, 3.05) is 11.9 Å². The van der Waals surface area contributed by atoms with Gasteiger partial charge in [0.25, 0.3) is 0 Å². The Hall–Kier alpha value is -2.58. The van der Waals surface area contributed by atoms with Gasteiger partial charge in [0.05, 0.1) is 0 Å². The molecule has 0 heterocycles. The summed E-state index contributed by atoms with van der Waals surface area (Å²) in [4.78, 5) is 2.60. The van der Waals surface area contributed by atoms with Crippen LogP contribution in [0.3, 0.4) is 0 Å². The Bertz CT molecular complexity index is 858. The lowest BCUT2D eigenvalue weighted by molar-refractivity contribution is 0.198. The monoisotopic (exact) mass is 386 g/mol. The molecule has 0 saturated carbocycles. The number of aryl methyl sites for hydroxylation is 1. The molecule has 0 bridgehead atoms. The molecule has 0 aliphatic rings. The molecular formula is C27H34N2. The molecule has 2 heteroatoms. The number of unbranched alkanes of at least 4 members (excludes halogenated alkanes) is 1. The van der Waals surface area contributed by atoms with Crippen LogP contribution in [0, 0.1) is 6.92 Å². The van der Waals surface area contributed by atoms with Gasteiger partial charge < -0.3 is 5.32 Å². The molecule has 152 valence electrons. The molecule has 1 atom stereocenters. The summed E-state index contributed by atoms with van der Waals surface area (Å²) in [6.07, 6.45) is 2.44. The van der Waals surface area contributed by atoms with E-state index in [1.807, 2.05) is 0 Å². The molecule has 0 radical (unpaired) electrons. The number of nitrogens with zero attached hydrogens (tertiary/aromatic N) is 1. The fourth-order valence-electron chi connectivity index (χ4n) is 3.68. The van der Waals surface area contributed by atoms with Crippen molar-refractivity contribution in [2.45, 2.75) is 52.7 Å². The summed E-state index contributed by atoms with van der Waals surface area (Å²) < 4.78 is 0. The Labute approximate surface area is 176 Å². The zero-order valence-corrected chi connectivity index (χ0v) is 18.1. The van der Waals surface area contributed by atoms with Crippen molar-refractivity contribution in [1.29, 1.82) is 0 Å². The van der Waals surface area contributed by atoms with Crippen molar-refractivity contribution in [1.82, 2.24) is 4.90 Å². The number of rotatable bonds is 10. The summed E-state index contributed by atoms with van der Waals surface area (Å²) in [5.74, 6) is 0. The Morgan fingerprint density at radius 2 is 1.52 bits per heavy atom. The summed E-state index contributed by atoms with van der Waals surface area (Å²) in [5.41, 5.74) is 6.58. The van der Waals surface area contributed by atoms with Crippen LogP contribution in [0.5, 0.6) is 0 Å². The predicted octanol–water partition coefficient (Wildman–Crippen LogP) is 6.97. The van der Waals surface area contributed by atoms with Crippen molar-refractivity contribution in [3.8, 4) is 0 Å². The van der Waals surface area contributed by atoms with Gasteiger partial charge in [-0.05, 0) is 55.1 Å². The molecule has 2 nitrogen and oxygen atoms in total. The normalized spacial score (nSPS) is 12.1. The Balaban J connectivity index is 1.75. The molecule has 3 aromatic carbocycles. The second kappa shape index (κ2) is 10.8. The fraction of sp³-hybridized carbons (Fsp3) is 0.333. The van der Waals surface area contributed by atoms with E-state index >= 15 is 0 Å². The van der Waals surface area contributed by atoms with Gasteiger partial charge in [-0.25, -0.2) is 0 Å². The van der Waals surface area contributed by atoms with Gasteiger partial charge in [-0.1, -0.05) is 86.1 Å². The second-order valence-corrected chi connectivity index (χ2v) is 7.90. The molecule has 29 heavy (non-hydrogen) atoms. The van der Waals surface area contributed by atoms with Gasteiger partial charge >= 0.3 is 0 Å². The molecule has 0 fully saturated rings. The molecule has 0 saturated heterocycles. The van der Waals surface area contributed by atoms with Crippen LogP contribution in [0.4, 0.5) is 5.69 Å². The summed E-state index contributed by atoms with van der Waals surface area (Å²) in [6.45, 7) is 9.74. The van der Waals surface area contributed by atoms with Gasteiger partial charge in [0.15, 0.2) is 0 Å². The number of hydrogen-bond acceptors (Lipinski definition) is 2. The van der Waals surface area contributed by atoms with Crippen LogP contribution in [-0.4, -0.2) is 11.4 Å². The minimum absolute atomic E-state index is 0.375. The molecule has 0 aromatic heterocycles. The smallest absolute Gasteiger partial charge is 0.0400 e. The van der Waals surface area contributed by atoms with E-state index in [9.17, 15) is 0 Å². The van der Waals surface area contributed by atoms with E-state index in [0.717, 1.165) is 19.6 Å². The molecule has 0 spiro atoms. The molecular weight excluding hydrogens is 352 g/mol. The third kappa shape index (κ3) is 6.20. The van der Waals surface area contributed by atoms with Crippen molar-refractivity contribution in [3.63, 3.8) is 0 Å². The molecule has 0 aliphatic heterocycles. The second-order valence-electron chi connectivity index (χ2n) is 7.90. The minimum Gasteiger partial charge on any atom is -0.381 e. The van der Waals surface area contributed by atoms with Crippen molar-refractivity contribution in [3.05, 3.63) is 101 Å². The maximum Gasteiger partial charge on any atom is 0.0400 e. The molecule has 0 unspecified atom stereocenters. The van der Waals surface area contributed by atoms with Crippen LogP contribution in [0.15, 0.2) is 78.9 Å². The highest BCUT2D eigenvalue weighted by molar-refractivity contribution is 5.53. The number of nitrogens with one attached hydrogen (secondary N) is 1. The summed E-state index contributed by atoms with van der Waals surface area (Å²) in [5, 5.41) is 3.64. The minimum atomic E-state index is 0.375. The average molecular weight is 387 g/mol. The zero-order valence-electron chi connectivity index (χ0n) is 18.1. The van der Waals surface area contributed by atoms with Gasteiger partial charge in [-0.3, -0.25) is 4.90 Å². The highest BCUT2D eigenvalue weighted by Crippen LogP contribution is 2.27. The van der Waals surface area contributed by atoms with Crippen LogP contribution in [0.1, 0.15) is 55.0 Å². The quantitative estimate of drug-likeness (QED) is 0.405. The van der Waals surface area contributed by atoms with Crippen LogP contribution in [0.25, 0.3) is 0 Å². The fourth-order valence-corrected chi connectivity index (χ4v) is 3.68. The lowest BCUT2D eigenvalue weighted by Crippen LogP contribution is -2.28. The average Bonchev–Trinajstić information content (AvgIpc) is 2.77. The van der Waals surface area contributed by atoms with Gasteiger partial charge in [0, 0.05) is 24.8 Å². The van der Waals surface area contributed by atoms with E-state index in [1.54, 1.807) is 0 Å². The first kappa shape index (κ1) is 21.1. The SMILES string of the molecule is CCCCN(Cc1ccccc1)[C@H](C)c1ccc(C)c(NCc2ccccc2)c1. The van der Waals surface area contributed by atoms with E-state index in [2.05, 4.69) is 110 Å². The van der Waals surface area contributed by atoms with Gasteiger partial charge in [0.2, 0.25) is 0 Å². The third-order valence-electron chi connectivity index (χ3n) is 5.64. The summed E-state index contributed by atoms with van der Waals surface area (Å²) >= 11 is 0. The van der Waals surface area contributed by atoms with Crippen LogP contribution in [0.2, 0.25) is 0 Å². The van der Waals surface area contributed by atoms with Crippen LogP contribution >= 0.6 is 0 Å². The topological polar surface area (TPSA) is 15.3 Å². The van der Waals surface area contributed by atoms with Crippen molar-refractivity contribution < 1.29 is 0 Å². The molecule has 0 aliphatic carbocycles. The number of benzene rings is 3. The highest BCUT2D eigenvalue weighted by Gasteiger charge is 2.17. The predicted molar refractivity (Wildman–Crippen MR) is 125 cm³/mol. The maximum atomic E-state index is 3.64. The Morgan fingerprint density at radius 3 is 2.17 bits per heavy atom. The standard InChI is InChI=1S/C27H34N2/c1-4-5-18-29(21-25-14-10-7-11-15-25)23(3)26-17-16-22(2)27(19-26)28-20-24-12-8-6-9-13-24/h6-17,19,23,28H,4-5,18,20-21H2,1-3H3/t23-/m1/s1. The van der Waals surface area contributed by atoms with Gasteiger partial charge in [-0.15, -0.1) is 0 Å². The first-order chi connectivity index (χ1) is 14.2. The lowest BCUT2D eigenvalue weighted by atomic mass is 10.0. The van der Waals surface area contributed by atoms with Gasteiger partial charge in [0.1, 0.15) is 0 Å². The summed E-state index contributed by atoms with van der Waals surface area (Å²) in [6, 6.07) is 28.7. The summed E-state index contributed by atoms with van der Waals surface area (Å²) in [7, 11) is 0.